The van der Waals surface area contributed by atoms with Gasteiger partial charge in [-0.2, -0.15) is 0 Å². The van der Waals surface area contributed by atoms with Crippen molar-refractivity contribution in [3.63, 3.8) is 0 Å². The van der Waals surface area contributed by atoms with Gasteiger partial charge in [-0.15, -0.1) is 0 Å². The molecule has 1 radical (unpaired) electrons. The van der Waals surface area contributed by atoms with Crippen molar-refractivity contribution in [1.29, 1.82) is 0 Å². The highest BCUT2D eigenvalue weighted by Crippen LogP contribution is 2.39. The van der Waals surface area contributed by atoms with Crippen LogP contribution in [0.15, 0.2) is 36.4 Å². The van der Waals surface area contributed by atoms with Crippen LogP contribution in [0, 0.1) is 19.7 Å². The Morgan fingerprint density at radius 3 is 2.89 bits per heavy atom. The minimum atomic E-state index is -0.219. The van der Waals surface area contributed by atoms with Gasteiger partial charge in [-0.25, -0.2) is 4.39 Å². The molecule has 3 rings (SSSR count). The Morgan fingerprint density at radius 2 is 2.11 bits per heavy atom. The predicted molar refractivity (Wildman–Crippen MR) is 70.1 cm³/mol. The largest absolute Gasteiger partial charge is 0.489 e. The van der Waals surface area contributed by atoms with Crippen molar-refractivity contribution in [1.82, 2.24) is 0 Å². The molecule has 0 spiro atoms. The van der Waals surface area contributed by atoms with Crippen molar-refractivity contribution in [2.75, 3.05) is 0 Å². The fourth-order valence-electron chi connectivity index (χ4n) is 2.42. The zero-order chi connectivity index (χ0) is 12.7. The fourth-order valence-corrected chi connectivity index (χ4v) is 2.42. The van der Waals surface area contributed by atoms with Gasteiger partial charge >= 0.3 is 0 Å². The number of ether oxygens (including phenoxy) is 1. The van der Waals surface area contributed by atoms with Crippen LogP contribution in [0.1, 0.15) is 11.1 Å². The summed E-state index contributed by atoms with van der Waals surface area (Å²) < 4.78 is 19.4. The summed E-state index contributed by atoms with van der Waals surface area (Å²) in [6.07, 6.45) is 0.552. The lowest BCUT2D eigenvalue weighted by atomic mass is 9.99. The number of halogens is 1. The maximum absolute atomic E-state index is 13.7. The van der Waals surface area contributed by atoms with E-state index in [1.807, 2.05) is 31.2 Å². The molecule has 0 saturated carbocycles. The van der Waals surface area contributed by atoms with Crippen LogP contribution >= 0.6 is 0 Å². The molecule has 0 saturated heterocycles. The van der Waals surface area contributed by atoms with Crippen LogP contribution in [0.3, 0.4) is 0 Å². The molecule has 0 fully saturated rings. The second-order valence-corrected chi connectivity index (χ2v) is 4.76. The lowest BCUT2D eigenvalue weighted by molar-refractivity contribution is 0.282. The van der Waals surface area contributed by atoms with E-state index in [0.717, 1.165) is 28.0 Å². The number of fused-ring (bicyclic) bond motifs is 1. The van der Waals surface area contributed by atoms with E-state index >= 15 is 0 Å². The van der Waals surface area contributed by atoms with E-state index in [9.17, 15) is 4.39 Å². The normalized spacial score (nSPS) is 17.4. The zero-order valence-corrected chi connectivity index (χ0v) is 10.2. The minimum Gasteiger partial charge on any atom is -0.489 e. The summed E-state index contributed by atoms with van der Waals surface area (Å²) in [6.45, 7) is 5.91. The Bertz CT molecular complexity index is 604. The monoisotopic (exact) mass is 241 g/mol. The van der Waals surface area contributed by atoms with Crippen molar-refractivity contribution in [3.8, 4) is 16.9 Å². The third-order valence-corrected chi connectivity index (χ3v) is 3.19. The number of benzene rings is 2. The van der Waals surface area contributed by atoms with Gasteiger partial charge in [-0.1, -0.05) is 29.8 Å². The maximum atomic E-state index is 13.7. The highest BCUT2D eigenvalue weighted by Gasteiger charge is 2.23. The summed E-state index contributed by atoms with van der Waals surface area (Å²) in [5.41, 5.74) is 3.86. The first-order chi connectivity index (χ1) is 8.63. The maximum Gasteiger partial charge on any atom is 0.131 e. The topological polar surface area (TPSA) is 9.23 Å². The van der Waals surface area contributed by atoms with Gasteiger partial charge in [-0.3, -0.25) is 0 Å². The van der Waals surface area contributed by atoms with Crippen molar-refractivity contribution in [2.24, 2.45) is 0 Å². The van der Waals surface area contributed by atoms with Gasteiger partial charge in [0, 0.05) is 17.5 Å². The van der Waals surface area contributed by atoms with Crippen LogP contribution in [-0.4, -0.2) is 6.10 Å². The number of hydrogen-bond donors (Lipinski definition) is 0. The highest BCUT2D eigenvalue weighted by molar-refractivity contribution is 5.73. The van der Waals surface area contributed by atoms with Gasteiger partial charge < -0.3 is 4.74 Å². The smallest absolute Gasteiger partial charge is 0.131 e. The van der Waals surface area contributed by atoms with Crippen molar-refractivity contribution in [2.45, 2.75) is 19.4 Å². The number of hydrogen-bond acceptors (Lipinski definition) is 1. The molecule has 0 aliphatic carbocycles. The molecule has 2 heteroatoms. The molecule has 1 atom stereocenters. The molecule has 1 unspecified atom stereocenters. The first kappa shape index (κ1) is 11.3. The van der Waals surface area contributed by atoms with E-state index in [-0.39, 0.29) is 11.9 Å². The van der Waals surface area contributed by atoms with E-state index in [0.29, 0.717) is 6.42 Å². The molecule has 1 aliphatic rings. The minimum absolute atomic E-state index is 0.120. The van der Waals surface area contributed by atoms with Gasteiger partial charge in [0.05, 0.1) is 0 Å². The molecule has 18 heavy (non-hydrogen) atoms. The van der Waals surface area contributed by atoms with E-state index in [1.54, 1.807) is 6.07 Å². The second-order valence-electron chi connectivity index (χ2n) is 4.76. The van der Waals surface area contributed by atoms with E-state index in [2.05, 4.69) is 6.92 Å². The first-order valence-electron chi connectivity index (χ1n) is 6.02. The first-order valence-corrected chi connectivity index (χ1v) is 6.02. The average Bonchev–Trinajstić information content (AvgIpc) is 2.68. The highest BCUT2D eigenvalue weighted by atomic mass is 19.1. The quantitative estimate of drug-likeness (QED) is 0.734. The van der Waals surface area contributed by atoms with Gasteiger partial charge in [0.1, 0.15) is 17.7 Å². The summed E-state index contributed by atoms with van der Waals surface area (Å²) in [7, 11) is 0. The Labute approximate surface area is 106 Å². The molecular formula is C16H14FO. The molecule has 1 aliphatic heterocycles. The summed E-state index contributed by atoms with van der Waals surface area (Å²) in [6, 6.07) is 11.1. The van der Waals surface area contributed by atoms with E-state index in [4.69, 9.17) is 4.74 Å². The third kappa shape index (κ3) is 1.88. The summed E-state index contributed by atoms with van der Waals surface area (Å²) in [5.74, 6) is 0.560. The predicted octanol–water partition coefficient (Wildman–Crippen LogP) is 3.94. The van der Waals surface area contributed by atoms with Gasteiger partial charge in [0.2, 0.25) is 0 Å². The SMILES string of the molecule is [CH2]C1Cc2cc(F)cc(-c3cccc(C)c3)c2O1. The third-order valence-electron chi connectivity index (χ3n) is 3.19. The Hall–Kier alpha value is -1.83. The molecule has 0 bridgehead atoms. The molecule has 0 amide bonds. The Morgan fingerprint density at radius 1 is 1.28 bits per heavy atom. The fraction of sp³-hybridized carbons (Fsp3) is 0.188. The van der Waals surface area contributed by atoms with Crippen LogP contribution < -0.4 is 4.74 Å². The molecule has 0 N–H and O–H groups in total. The lowest BCUT2D eigenvalue weighted by Gasteiger charge is -2.10. The molecule has 2 aromatic rings. The van der Waals surface area contributed by atoms with Crippen molar-refractivity contribution in [3.05, 3.63) is 60.3 Å². The zero-order valence-electron chi connectivity index (χ0n) is 10.2. The second kappa shape index (κ2) is 4.13. The molecule has 2 aromatic carbocycles. The Kier molecular flexibility index (Phi) is 2.58. The van der Waals surface area contributed by atoms with Crippen LogP contribution in [-0.2, 0) is 6.42 Å². The van der Waals surface area contributed by atoms with E-state index in [1.165, 1.54) is 6.07 Å². The molecular weight excluding hydrogens is 227 g/mol. The molecule has 91 valence electrons. The molecule has 1 heterocycles. The van der Waals surface area contributed by atoms with E-state index < -0.39 is 0 Å². The van der Waals surface area contributed by atoms with Crippen LogP contribution in [0.2, 0.25) is 0 Å². The molecule has 0 aromatic heterocycles. The molecule has 1 nitrogen and oxygen atoms in total. The van der Waals surface area contributed by atoms with Crippen LogP contribution in [0.4, 0.5) is 4.39 Å². The van der Waals surface area contributed by atoms with Crippen molar-refractivity contribution >= 4 is 0 Å². The number of aryl methyl sites for hydroxylation is 1. The lowest BCUT2D eigenvalue weighted by Crippen LogP contribution is -2.06. The van der Waals surface area contributed by atoms with Crippen LogP contribution in [0.25, 0.3) is 11.1 Å². The standard InChI is InChI=1S/C16H14FO/c1-10-4-3-5-12(6-10)15-9-14(17)8-13-7-11(2)18-16(13)15/h3-6,8-9,11H,2,7H2,1H3. The summed E-state index contributed by atoms with van der Waals surface area (Å²) >= 11 is 0. The average molecular weight is 241 g/mol. The summed E-state index contributed by atoms with van der Waals surface area (Å²) in [4.78, 5) is 0. The van der Waals surface area contributed by atoms with Gasteiger partial charge in [-0.05, 0) is 31.5 Å². The number of rotatable bonds is 1. The van der Waals surface area contributed by atoms with Crippen LogP contribution in [0.5, 0.6) is 5.75 Å². The summed E-state index contributed by atoms with van der Waals surface area (Å²) in [5, 5.41) is 0. The van der Waals surface area contributed by atoms with Gasteiger partial charge in [0.15, 0.2) is 0 Å². The van der Waals surface area contributed by atoms with Gasteiger partial charge in [0.25, 0.3) is 0 Å². The Balaban J connectivity index is 2.18. The van der Waals surface area contributed by atoms with Crippen molar-refractivity contribution < 1.29 is 9.13 Å².